The third kappa shape index (κ3) is 3.74. The first-order valence-corrected chi connectivity index (χ1v) is 7.99. The van der Waals surface area contributed by atoms with Crippen LogP contribution in [-0.2, 0) is 4.74 Å². The van der Waals surface area contributed by atoms with E-state index in [2.05, 4.69) is 23.8 Å². The van der Waals surface area contributed by atoms with Crippen LogP contribution in [0.15, 0.2) is 6.07 Å². The molecule has 2 atom stereocenters. The van der Waals surface area contributed by atoms with Crippen molar-refractivity contribution in [3.63, 3.8) is 0 Å². The number of morpholine rings is 1. The normalized spacial score (nSPS) is 21.8. The fourth-order valence-electron chi connectivity index (χ4n) is 2.82. The van der Waals surface area contributed by atoms with Crippen molar-refractivity contribution in [3.05, 3.63) is 17.5 Å². The Labute approximate surface area is 132 Å². The summed E-state index contributed by atoms with van der Waals surface area (Å²) >= 11 is 0. The molecule has 0 saturated carbocycles. The monoisotopic (exact) mass is 306 g/mol. The Hall–Kier alpha value is -1.69. The molecule has 0 bridgehead atoms. The summed E-state index contributed by atoms with van der Waals surface area (Å²) < 4.78 is 5.69. The first-order chi connectivity index (χ1) is 10.4. The minimum Gasteiger partial charge on any atom is -0.372 e. The summed E-state index contributed by atoms with van der Waals surface area (Å²) in [4.78, 5) is 25.6. The molecule has 122 valence electrons. The maximum Gasteiger partial charge on any atom is 0.272 e. The minimum absolute atomic E-state index is 0.0408. The van der Waals surface area contributed by atoms with Gasteiger partial charge in [0.2, 0.25) is 5.95 Å². The average Bonchev–Trinajstić information content (AvgIpc) is 2.46. The molecule has 1 saturated heterocycles. The second kappa shape index (κ2) is 7.05. The lowest BCUT2D eigenvalue weighted by Gasteiger charge is -2.35. The number of nitrogens with zero attached hydrogens (tertiary/aromatic N) is 4. The second-order valence-electron chi connectivity index (χ2n) is 5.83. The highest BCUT2D eigenvalue weighted by molar-refractivity contribution is 5.92. The lowest BCUT2D eigenvalue weighted by molar-refractivity contribution is -0.0587. The van der Waals surface area contributed by atoms with Crippen molar-refractivity contribution >= 4 is 11.9 Å². The summed E-state index contributed by atoms with van der Waals surface area (Å²) in [6, 6.07) is 1.76. The van der Waals surface area contributed by atoms with E-state index in [1.54, 1.807) is 6.07 Å². The number of hydrogen-bond acceptors (Lipinski definition) is 5. The smallest absolute Gasteiger partial charge is 0.272 e. The average molecular weight is 306 g/mol. The van der Waals surface area contributed by atoms with Gasteiger partial charge in [0.25, 0.3) is 5.91 Å². The van der Waals surface area contributed by atoms with Gasteiger partial charge in [0.05, 0.1) is 12.2 Å². The van der Waals surface area contributed by atoms with E-state index >= 15 is 0 Å². The zero-order chi connectivity index (χ0) is 16.3. The van der Waals surface area contributed by atoms with Gasteiger partial charge in [-0.25, -0.2) is 9.97 Å². The molecule has 1 aliphatic rings. The van der Waals surface area contributed by atoms with E-state index in [9.17, 15) is 4.79 Å². The summed E-state index contributed by atoms with van der Waals surface area (Å²) in [7, 11) is 0. The van der Waals surface area contributed by atoms with Gasteiger partial charge < -0.3 is 14.5 Å². The molecule has 0 aliphatic carbocycles. The zero-order valence-electron chi connectivity index (χ0n) is 14.2. The molecule has 6 heteroatoms. The number of carbonyl (C=O) groups is 1. The van der Waals surface area contributed by atoms with Crippen LogP contribution in [0, 0.1) is 6.92 Å². The number of aromatic nitrogens is 2. The van der Waals surface area contributed by atoms with Gasteiger partial charge in [0.1, 0.15) is 5.69 Å². The lowest BCUT2D eigenvalue weighted by atomic mass is 10.2. The maximum atomic E-state index is 12.8. The molecule has 6 nitrogen and oxygen atoms in total. The molecule has 2 rings (SSSR count). The highest BCUT2D eigenvalue weighted by atomic mass is 16.5. The third-order valence-electron chi connectivity index (χ3n) is 3.81. The van der Waals surface area contributed by atoms with Crippen molar-refractivity contribution in [2.45, 2.75) is 46.8 Å². The Bertz CT molecular complexity index is 521. The van der Waals surface area contributed by atoms with Crippen LogP contribution in [0.25, 0.3) is 0 Å². The molecule has 1 fully saturated rings. The number of hydrogen-bond donors (Lipinski definition) is 0. The van der Waals surface area contributed by atoms with Crippen LogP contribution in [0.4, 0.5) is 5.95 Å². The van der Waals surface area contributed by atoms with Crippen LogP contribution in [0.2, 0.25) is 0 Å². The summed E-state index contributed by atoms with van der Waals surface area (Å²) in [6.45, 7) is 12.8. The van der Waals surface area contributed by atoms with Crippen LogP contribution in [0.5, 0.6) is 0 Å². The molecule has 0 N–H and O–H groups in total. The second-order valence-corrected chi connectivity index (χ2v) is 5.83. The van der Waals surface area contributed by atoms with E-state index in [1.165, 1.54) is 0 Å². The summed E-state index contributed by atoms with van der Waals surface area (Å²) in [5, 5.41) is 0. The van der Waals surface area contributed by atoms with E-state index < -0.39 is 0 Å². The predicted molar refractivity (Wildman–Crippen MR) is 86.2 cm³/mol. The van der Waals surface area contributed by atoms with Crippen LogP contribution < -0.4 is 4.90 Å². The van der Waals surface area contributed by atoms with Crippen molar-refractivity contribution in [2.24, 2.45) is 0 Å². The van der Waals surface area contributed by atoms with E-state index in [0.717, 1.165) is 18.8 Å². The maximum absolute atomic E-state index is 12.8. The zero-order valence-corrected chi connectivity index (χ0v) is 14.2. The van der Waals surface area contributed by atoms with E-state index in [1.807, 2.05) is 30.6 Å². The molecule has 0 unspecified atom stereocenters. The molecule has 1 aromatic heterocycles. The summed E-state index contributed by atoms with van der Waals surface area (Å²) in [5.74, 6) is 0.587. The topological polar surface area (TPSA) is 58.6 Å². The molecule has 1 aromatic rings. The molecular weight excluding hydrogens is 280 g/mol. The molecule has 1 aliphatic heterocycles. The molecule has 22 heavy (non-hydrogen) atoms. The van der Waals surface area contributed by atoms with Gasteiger partial charge in [-0.3, -0.25) is 4.79 Å². The number of aryl methyl sites for hydroxylation is 1. The molecular formula is C16H26N4O2. The Morgan fingerprint density at radius 3 is 2.41 bits per heavy atom. The standard InChI is InChI=1S/C16H26N4O2/c1-6-19(7-2)16-17-11(3)8-14(18-16)15(21)20-9-12(4)22-13(5)10-20/h8,12-13H,6-7,9-10H2,1-5H3/t12-,13-/m0/s1. The van der Waals surface area contributed by atoms with Crippen LogP contribution in [0.1, 0.15) is 43.9 Å². The summed E-state index contributed by atoms with van der Waals surface area (Å²) in [5.41, 5.74) is 1.28. The molecule has 0 radical (unpaired) electrons. The first kappa shape index (κ1) is 16.7. The molecule has 2 heterocycles. The van der Waals surface area contributed by atoms with Gasteiger partial charge in [-0.2, -0.15) is 0 Å². The van der Waals surface area contributed by atoms with Gasteiger partial charge in [-0.05, 0) is 40.7 Å². The Kier molecular flexibility index (Phi) is 5.34. The first-order valence-electron chi connectivity index (χ1n) is 7.99. The van der Waals surface area contributed by atoms with Gasteiger partial charge in [0, 0.05) is 31.9 Å². The van der Waals surface area contributed by atoms with Crippen LogP contribution >= 0.6 is 0 Å². The van der Waals surface area contributed by atoms with Crippen molar-refractivity contribution in [1.29, 1.82) is 0 Å². The number of rotatable bonds is 4. The predicted octanol–water partition coefficient (Wildman–Crippen LogP) is 1.88. The quantitative estimate of drug-likeness (QED) is 0.850. The Morgan fingerprint density at radius 2 is 1.86 bits per heavy atom. The van der Waals surface area contributed by atoms with E-state index in [4.69, 9.17) is 4.74 Å². The van der Waals surface area contributed by atoms with Gasteiger partial charge in [0.15, 0.2) is 0 Å². The van der Waals surface area contributed by atoms with Crippen LogP contribution in [0.3, 0.4) is 0 Å². The third-order valence-corrected chi connectivity index (χ3v) is 3.81. The molecule has 0 spiro atoms. The number of ether oxygens (including phenoxy) is 1. The Morgan fingerprint density at radius 1 is 1.27 bits per heavy atom. The molecule has 0 aromatic carbocycles. The van der Waals surface area contributed by atoms with Crippen molar-refractivity contribution in [3.8, 4) is 0 Å². The minimum atomic E-state index is -0.0408. The van der Waals surface area contributed by atoms with E-state index in [-0.39, 0.29) is 18.1 Å². The largest absolute Gasteiger partial charge is 0.372 e. The number of carbonyl (C=O) groups excluding carboxylic acids is 1. The van der Waals surface area contributed by atoms with Crippen molar-refractivity contribution in [1.82, 2.24) is 14.9 Å². The fraction of sp³-hybridized carbons (Fsp3) is 0.688. The lowest BCUT2D eigenvalue weighted by Crippen LogP contribution is -2.48. The SMILES string of the molecule is CCN(CC)c1nc(C)cc(C(=O)N2C[C@H](C)O[C@@H](C)C2)n1. The molecule has 1 amide bonds. The van der Waals surface area contributed by atoms with Crippen molar-refractivity contribution < 1.29 is 9.53 Å². The number of amides is 1. The number of anilines is 1. The van der Waals surface area contributed by atoms with Gasteiger partial charge in [-0.15, -0.1) is 0 Å². The van der Waals surface area contributed by atoms with Crippen LogP contribution in [-0.4, -0.2) is 59.2 Å². The van der Waals surface area contributed by atoms with E-state index in [0.29, 0.717) is 24.7 Å². The highest BCUT2D eigenvalue weighted by Gasteiger charge is 2.28. The fourth-order valence-corrected chi connectivity index (χ4v) is 2.82. The Balaban J connectivity index is 2.25. The highest BCUT2D eigenvalue weighted by Crippen LogP contribution is 2.16. The van der Waals surface area contributed by atoms with Gasteiger partial charge in [-0.1, -0.05) is 0 Å². The summed E-state index contributed by atoms with van der Waals surface area (Å²) in [6.07, 6.45) is 0.107. The van der Waals surface area contributed by atoms with Crippen molar-refractivity contribution in [2.75, 3.05) is 31.1 Å². The van der Waals surface area contributed by atoms with Gasteiger partial charge >= 0.3 is 0 Å².